The molecule has 0 unspecified atom stereocenters. The Hall–Kier alpha value is -4.02. The summed E-state index contributed by atoms with van der Waals surface area (Å²) >= 11 is 6.54. The van der Waals surface area contributed by atoms with Gasteiger partial charge in [0.2, 0.25) is 11.9 Å². The van der Waals surface area contributed by atoms with Crippen molar-refractivity contribution < 1.29 is 9.18 Å². The summed E-state index contributed by atoms with van der Waals surface area (Å²) in [6, 6.07) is 10.2. The molecule has 0 radical (unpaired) electrons. The second-order valence-corrected chi connectivity index (χ2v) is 13.0. The molecule has 1 amide bonds. The first-order valence-electron chi connectivity index (χ1n) is 16.1. The molecule has 2 aromatic heterocycles. The van der Waals surface area contributed by atoms with Crippen LogP contribution in [-0.2, 0) is 4.79 Å². The highest BCUT2D eigenvalue weighted by Gasteiger charge is 2.28. The molecule has 11 heteroatoms. The summed E-state index contributed by atoms with van der Waals surface area (Å²) in [4.78, 5) is 40.8. The number of aryl methyl sites for hydroxylation is 2. The predicted octanol–water partition coefficient (Wildman–Crippen LogP) is 6.37. The first-order valence-corrected chi connectivity index (χ1v) is 16.5. The molecule has 1 aliphatic heterocycles. The zero-order valence-electron chi connectivity index (χ0n) is 26.9. The molecule has 2 aromatic carbocycles. The van der Waals surface area contributed by atoms with Crippen molar-refractivity contribution in [2.45, 2.75) is 65.0 Å². The van der Waals surface area contributed by atoms with Crippen molar-refractivity contribution in [3.05, 3.63) is 74.9 Å². The maximum Gasteiger partial charge on any atom is 0.260 e. The van der Waals surface area contributed by atoms with E-state index in [4.69, 9.17) is 16.6 Å². The Kier molecular flexibility index (Phi) is 9.29. The van der Waals surface area contributed by atoms with Gasteiger partial charge in [0, 0.05) is 78.2 Å². The Morgan fingerprint density at radius 2 is 1.78 bits per heavy atom. The highest BCUT2D eigenvalue weighted by molar-refractivity contribution is 6.33. The molecule has 0 bridgehead atoms. The number of carbonyl (C=O) groups excluding carboxylic acids is 1. The molecular weight excluding hydrogens is 605 g/mol. The van der Waals surface area contributed by atoms with E-state index >= 15 is 0 Å². The number of piperazine rings is 1. The van der Waals surface area contributed by atoms with Crippen LogP contribution in [0.3, 0.4) is 0 Å². The summed E-state index contributed by atoms with van der Waals surface area (Å²) in [6.07, 6.45) is 5.01. The molecule has 6 rings (SSSR count). The Morgan fingerprint density at radius 3 is 2.48 bits per heavy atom. The van der Waals surface area contributed by atoms with E-state index in [9.17, 15) is 14.0 Å². The Morgan fingerprint density at radius 1 is 1.04 bits per heavy atom. The Labute approximate surface area is 273 Å². The van der Waals surface area contributed by atoms with Crippen molar-refractivity contribution in [2.24, 2.45) is 0 Å². The van der Waals surface area contributed by atoms with Crippen molar-refractivity contribution in [1.82, 2.24) is 24.8 Å². The number of likely N-dealkylation sites (N-methyl/N-ethyl adjacent to an activating group) is 1. The average Bonchev–Trinajstić information content (AvgIpc) is 3.04. The predicted molar refractivity (Wildman–Crippen MR) is 183 cm³/mol. The molecule has 2 fully saturated rings. The summed E-state index contributed by atoms with van der Waals surface area (Å²) in [7, 11) is 2.15. The summed E-state index contributed by atoms with van der Waals surface area (Å²) in [5.41, 5.74) is 4.82. The number of aromatic nitrogens is 3. The Balaban J connectivity index is 1.38. The zero-order chi connectivity index (χ0) is 32.5. The summed E-state index contributed by atoms with van der Waals surface area (Å²) in [5, 5.41) is 7.45. The van der Waals surface area contributed by atoms with Gasteiger partial charge in [0.15, 0.2) is 0 Å². The van der Waals surface area contributed by atoms with Gasteiger partial charge >= 0.3 is 0 Å². The first kappa shape index (κ1) is 31.9. The van der Waals surface area contributed by atoms with Gasteiger partial charge in [0.05, 0.1) is 5.56 Å². The molecule has 9 nitrogen and oxygen atoms in total. The van der Waals surface area contributed by atoms with E-state index in [1.807, 2.05) is 19.9 Å². The van der Waals surface area contributed by atoms with Crippen molar-refractivity contribution in [2.75, 3.05) is 43.4 Å². The van der Waals surface area contributed by atoms with Gasteiger partial charge in [-0.15, -0.1) is 0 Å². The van der Waals surface area contributed by atoms with Crippen molar-refractivity contribution in [3.63, 3.8) is 0 Å². The molecule has 0 spiro atoms. The van der Waals surface area contributed by atoms with Crippen LogP contribution < -0.4 is 21.1 Å². The van der Waals surface area contributed by atoms with Crippen molar-refractivity contribution >= 4 is 45.9 Å². The number of carbonyl (C=O) groups is 1. The van der Waals surface area contributed by atoms with E-state index in [1.54, 1.807) is 10.8 Å². The van der Waals surface area contributed by atoms with Gasteiger partial charge in [0.25, 0.3) is 5.56 Å². The fraction of sp³-hybridized carbons (Fsp3) is 0.429. The van der Waals surface area contributed by atoms with Gasteiger partial charge in [-0.05, 0) is 94.1 Å². The number of rotatable bonds is 7. The molecule has 4 aromatic rings. The van der Waals surface area contributed by atoms with Crippen LogP contribution in [0.5, 0.6) is 0 Å². The molecule has 2 aliphatic rings. The van der Waals surface area contributed by atoms with Gasteiger partial charge in [-0.1, -0.05) is 18.5 Å². The molecule has 46 heavy (non-hydrogen) atoms. The number of benzene rings is 2. The van der Waals surface area contributed by atoms with Crippen LogP contribution >= 0.6 is 11.6 Å². The SMILES string of the molecule is CCC(=O)NC1CCC(n2c(=O)c(-c3cc(F)ccc3Cl)c(C)c3cnc(Nc4ccc(N5CCN(C)CC5)c(C)c4)nc32)CC1. The summed E-state index contributed by atoms with van der Waals surface area (Å²) < 4.78 is 16.2. The quantitative estimate of drug-likeness (QED) is 0.241. The minimum atomic E-state index is -0.471. The van der Waals surface area contributed by atoms with Gasteiger partial charge in [0.1, 0.15) is 11.5 Å². The highest BCUT2D eigenvalue weighted by atomic mass is 35.5. The van der Waals surface area contributed by atoms with E-state index in [2.05, 4.69) is 51.5 Å². The van der Waals surface area contributed by atoms with E-state index in [1.165, 1.54) is 23.9 Å². The van der Waals surface area contributed by atoms with Crippen LogP contribution in [0.25, 0.3) is 22.2 Å². The first-order chi connectivity index (χ1) is 22.1. The number of hydrogen-bond acceptors (Lipinski definition) is 7. The standard InChI is InChI=1S/C35H41ClFN7O2/c1-5-31(45)39-24-7-10-26(11-8-24)44-33-28(22(3)32(34(44)46)27-19-23(37)6-12-29(27)36)20-38-35(41-33)40-25-9-13-30(21(2)18-25)43-16-14-42(4)15-17-43/h6,9,12-13,18-20,24,26H,5,7-8,10-11,14-17H2,1-4H3,(H,39,45)(H,38,40,41). The highest BCUT2D eigenvalue weighted by Crippen LogP contribution is 2.36. The van der Waals surface area contributed by atoms with Crippen LogP contribution in [0.15, 0.2) is 47.4 Å². The molecule has 242 valence electrons. The number of hydrogen-bond donors (Lipinski definition) is 2. The number of amides is 1. The lowest BCUT2D eigenvalue weighted by atomic mass is 9.90. The van der Waals surface area contributed by atoms with Crippen LogP contribution in [0.1, 0.15) is 56.2 Å². The largest absolute Gasteiger partial charge is 0.369 e. The van der Waals surface area contributed by atoms with Gasteiger partial charge in [-0.2, -0.15) is 4.98 Å². The van der Waals surface area contributed by atoms with Gasteiger partial charge < -0.3 is 20.4 Å². The number of fused-ring (bicyclic) bond motifs is 1. The van der Waals surface area contributed by atoms with E-state index in [-0.39, 0.29) is 23.6 Å². The smallest absolute Gasteiger partial charge is 0.260 e. The minimum absolute atomic E-state index is 0.0275. The van der Waals surface area contributed by atoms with Crippen LogP contribution in [0.2, 0.25) is 5.02 Å². The molecular formula is C35H41ClFN7O2. The summed E-state index contributed by atoms with van der Waals surface area (Å²) in [5.74, 6) is -0.0614. The topological polar surface area (TPSA) is 95.4 Å². The Bertz CT molecular complexity index is 1830. The monoisotopic (exact) mass is 645 g/mol. The maximum atomic E-state index is 14.4. The maximum absolute atomic E-state index is 14.4. The minimum Gasteiger partial charge on any atom is -0.369 e. The van der Waals surface area contributed by atoms with Gasteiger partial charge in [-0.25, -0.2) is 9.37 Å². The van der Waals surface area contributed by atoms with Gasteiger partial charge in [-0.3, -0.25) is 14.2 Å². The molecule has 1 saturated carbocycles. The fourth-order valence-electron chi connectivity index (χ4n) is 6.81. The number of anilines is 3. The molecule has 1 saturated heterocycles. The molecule has 1 aliphatic carbocycles. The van der Waals surface area contributed by atoms with Crippen LogP contribution in [0.4, 0.5) is 21.7 Å². The lowest BCUT2D eigenvalue weighted by Gasteiger charge is -2.35. The van der Waals surface area contributed by atoms with Crippen LogP contribution in [0, 0.1) is 19.7 Å². The van der Waals surface area contributed by atoms with E-state index < -0.39 is 5.82 Å². The third-order valence-electron chi connectivity index (χ3n) is 9.45. The van der Waals surface area contributed by atoms with Crippen LogP contribution in [-0.4, -0.2) is 64.6 Å². The number of pyridine rings is 1. The average molecular weight is 646 g/mol. The second-order valence-electron chi connectivity index (χ2n) is 12.6. The third kappa shape index (κ3) is 6.46. The second kappa shape index (κ2) is 13.4. The van der Waals surface area contributed by atoms with Crippen molar-refractivity contribution in [3.8, 4) is 11.1 Å². The van der Waals surface area contributed by atoms with E-state index in [0.717, 1.165) is 50.3 Å². The fourth-order valence-corrected chi connectivity index (χ4v) is 7.02. The molecule has 0 atom stereocenters. The lowest BCUT2D eigenvalue weighted by Crippen LogP contribution is -2.44. The number of halogens is 2. The lowest BCUT2D eigenvalue weighted by molar-refractivity contribution is -0.121. The van der Waals surface area contributed by atoms with E-state index in [0.29, 0.717) is 58.0 Å². The number of nitrogens with one attached hydrogen (secondary N) is 2. The molecule has 2 N–H and O–H groups in total. The van der Waals surface area contributed by atoms with Crippen molar-refractivity contribution in [1.29, 1.82) is 0 Å². The third-order valence-corrected chi connectivity index (χ3v) is 9.78. The zero-order valence-corrected chi connectivity index (χ0v) is 27.6. The molecule has 3 heterocycles. The normalized spacial score (nSPS) is 19.0. The summed E-state index contributed by atoms with van der Waals surface area (Å²) in [6.45, 7) is 9.83. The number of nitrogens with zero attached hydrogens (tertiary/aromatic N) is 5.